The van der Waals surface area contributed by atoms with Crippen LogP contribution in [0.25, 0.3) is 0 Å². The lowest BCUT2D eigenvalue weighted by Crippen LogP contribution is -2.03. The third kappa shape index (κ3) is 3.58. The van der Waals surface area contributed by atoms with Crippen LogP contribution in [0.3, 0.4) is 0 Å². The Morgan fingerprint density at radius 2 is 1.74 bits per heavy atom. The molecular weight excluding hydrogens is 238 g/mol. The first-order chi connectivity index (χ1) is 9.33. The maximum absolute atomic E-state index is 9.14. The van der Waals surface area contributed by atoms with Crippen LogP contribution in [0, 0.1) is 0 Å². The van der Waals surface area contributed by atoms with Gasteiger partial charge in [-0.05, 0) is 48.2 Å². The Hall–Kier alpha value is -2.29. The molecule has 0 saturated heterocycles. The number of hydrogen-bond donors (Lipinski definition) is 1. The van der Waals surface area contributed by atoms with Gasteiger partial charge in [-0.1, -0.05) is 35.5 Å². The van der Waals surface area contributed by atoms with Crippen molar-refractivity contribution in [3.63, 3.8) is 0 Å². The Kier molecular flexibility index (Phi) is 4.56. The number of ether oxygens (including phenoxy) is 1. The highest BCUT2D eigenvalue weighted by Gasteiger charge is 2.05. The molecule has 0 aromatic heterocycles. The lowest BCUT2D eigenvalue weighted by atomic mass is 10.0. The zero-order valence-corrected chi connectivity index (χ0v) is 10.9. The van der Waals surface area contributed by atoms with E-state index in [2.05, 4.69) is 17.3 Å². The van der Waals surface area contributed by atoms with Crippen LogP contribution in [0.5, 0.6) is 5.75 Å². The Labute approximate surface area is 113 Å². The third-order valence-corrected chi connectivity index (χ3v) is 3.04. The Morgan fingerprint density at radius 1 is 1.05 bits per heavy atom. The van der Waals surface area contributed by atoms with Crippen molar-refractivity contribution in [1.82, 2.24) is 0 Å². The number of oxime groups is 1. The van der Waals surface area contributed by atoms with Gasteiger partial charge in [0.2, 0.25) is 0 Å². The molecule has 0 atom stereocenters. The Bertz CT molecular complexity index is 532. The van der Waals surface area contributed by atoms with Crippen LogP contribution in [0.1, 0.15) is 17.5 Å². The molecule has 98 valence electrons. The normalized spacial score (nSPS) is 11.3. The quantitative estimate of drug-likeness (QED) is 0.504. The molecule has 0 radical (unpaired) electrons. The summed E-state index contributed by atoms with van der Waals surface area (Å²) >= 11 is 0. The number of methoxy groups -OCH3 is 1. The number of nitrogens with zero attached hydrogens (tertiary/aromatic N) is 1. The molecular formula is C16H17NO2. The van der Waals surface area contributed by atoms with Gasteiger partial charge < -0.3 is 9.94 Å². The number of hydrogen-bond acceptors (Lipinski definition) is 3. The van der Waals surface area contributed by atoms with Crippen molar-refractivity contribution in [2.24, 2.45) is 5.16 Å². The summed E-state index contributed by atoms with van der Waals surface area (Å²) in [6.45, 7) is 0. The largest absolute Gasteiger partial charge is 0.497 e. The topological polar surface area (TPSA) is 41.8 Å². The van der Waals surface area contributed by atoms with Gasteiger partial charge in [-0.3, -0.25) is 0 Å². The van der Waals surface area contributed by atoms with Crippen molar-refractivity contribution in [1.29, 1.82) is 0 Å². The molecule has 0 aliphatic heterocycles. The fourth-order valence-electron chi connectivity index (χ4n) is 1.94. The third-order valence-electron chi connectivity index (χ3n) is 3.04. The predicted octanol–water partition coefficient (Wildman–Crippen LogP) is 3.51. The molecule has 2 aromatic rings. The highest BCUT2D eigenvalue weighted by atomic mass is 16.5. The minimum atomic E-state index is 0.687. The summed E-state index contributed by atoms with van der Waals surface area (Å²) in [7, 11) is 1.63. The summed E-state index contributed by atoms with van der Waals surface area (Å²) in [5.41, 5.74) is 2.84. The maximum atomic E-state index is 9.14. The monoisotopic (exact) mass is 255 g/mol. The Morgan fingerprint density at radius 3 is 2.32 bits per heavy atom. The molecule has 0 heterocycles. The van der Waals surface area contributed by atoms with Gasteiger partial charge in [0.15, 0.2) is 0 Å². The summed E-state index contributed by atoms with van der Waals surface area (Å²) in [6, 6.07) is 17.7. The predicted molar refractivity (Wildman–Crippen MR) is 76.1 cm³/mol. The maximum Gasteiger partial charge on any atom is 0.118 e. The molecule has 2 rings (SSSR count). The number of aryl methyl sites for hydroxylation is 1. The summed E-state index contributed by atoms with van der Waals surface area (Å²) in [5, 5.41) is 12.5. The fourth-order valence-corrected chi connectivity index (χ4v) is 1.94. The van der Waals surface area contributed by atoms with Crippen molar-refractivity contribution < 1.29 is 9.94 Å². The molecule has 0 fully saturated rings. The van der Waals surface area contributed by atoms with Gasteiger partial charge in [0.25, 0.3) is 0 Å². The van der Waals surface area contributed by atoms with Gasteiger partial charge in [-0.2, -0.15) is 0 Å². The van der Waals surface area contributed by atoms with Gasteiger partial charge in [0, 0.05) is 0 Å². The number of benzene rings is 2. The first-order valence-electron chi connectivity index (χ1n) is 6.23. The fraction of sp³-hybridized carbons (Fsp3) is 0.188. The molecule has 3 nitrogen and oxygen atoms in total. The summed E-state index contributed by atoms with van der Waals surface area (Å²) < 4.78 is 5.11. The average molecular weight is 255 g/mol. The minimum absolute atomic E-state index is 0.687. The van der Waals surface area contributed by atoms with Crippen molar-refractivity contribution in [2.45, 2.75) is 12.8 Å². The van der Waals surface area contributed by atoms with Gasteiger partial charge >= 0.3 is 0 Å². The van der Waals surface area contributed by atoms with Crippen molar-refractivity contribution in [2.75, 3.05) is 7.11 Å². The summed E-state index contributed by atoms with van der Waals surface area (Å²) in [4.78, 5) is 0. The highest BCUT2D eigenvalue weighted by Crippen LogP contribution is 2.14. The molecule has 0 aliphatic carbocycles. The second-order valence-electron chi connectivity index (χ2n) is 4.26. The van der Waals surface area contributed by atoms with Crippen LogP contribution in [0.15, 0.2) is 59.8 Å². The molecule has 0 spiro atoms. The number of rotatable bonds is 5. The van der Waals surface area contributed by atoms with Crippen molar-refractivity contribution >= 4 is 5.71 Å². The van der Waals surface area contributed by atoms with E-state index in [4.69, 9.17) is 9.94 Å². The standard InChI is InChI=1S/C16H17NO2/c1-19-15-10-8-14(9-11-15)16(17-18)12-7-13-5-3-2-4-6-13/h2-6,8-11,18H,7,12H2,1H3. The molecule has 0 amide bonds. The van der Waals surface area contributed by atoms with E-state index in [0.717, 1.165) is 17.7 Å². The van der Waals surface area contributed by atoms with Crippen LogP contribution in [-0.2, 0) is 6.42 Å². The SMILES string of the molecule is COc1ccc(C(CCc2ccccc2)=NO)cc1. The highest BCUT2D eigenvalue weighted by molar-refractivity contribution is 6.00. The van der Waals surface area contributed by atoms with Gasteiger partial charge in [-0.15, -0.1) is 0 Å². The second-order valence-corrected chi connectivity index (χ2v) is 4.26. The van der Waals surface area contributed by atoms with Crippen LogP contribution < -0.4 is 4.74 Å². The lowest BCUT2D eigenvalue weighted by Gasteiger charge is -2.06. The molecule has 3 heteroatoms. The van der Waals surface area contributed by atoms with Crippen LogP contribution in [0.4, 0.5) is 0 Å². The second kappa shape index (κ2) is 6.59. The average Bonchev–Trinajstić information content (AvgIpc) is 2.49. The van der Waals surface area contributed by atoms with E-state index >= 15 is 0 Å². The summed E-state index contributed by atoms with van der Waals surface area (Å²) in [5.74, 6) is 0.795. The minimum Gasteiger partial charge on any atom is -0.497 e. The van der Waals surface area contributed by atoms with Gasteiger partial charge in [-0.25, -0.2) is 0 Å². The molecule has 0 saturated carbocycles. The molecule has 0 unspecified atom stereocenters. The van der Waals surface area contributed by atoms with Crippen LogP contribution in [-0.4, -0.2) is 18.0 Å². The first kappa shape index (κ1) is 13.1. The van der Waals surface area contributed by atoms with E-state index in [0.29, 0.717) is 12.1 Å². The molecule has 2 aromatic carbocycles. The summed E-state index contributed by atoms with van der Waals surface area (Å²) in [6.07, 6.45) is 1.55. The first-order valence-corrected chi connectivity index (χ1v) is 6.23. The molecule has 19 heavy (non-hydrogen) atoms. The van der Waals surface area contributed by atoms with E-state index in [1.807, 2.05) is 42.5 Å². The van der Waals surface area contributed by atoms with E-state index in [-0.39, 0.29) is 0 Å². The molecule has 0 bridgehead atoms. The van der Waals surface area contributed by atoms with E-state index < -0.39 is 0 Å². The van der Waals surface area contributed by atoms with Crippen LogP contribution >= 0.6 is 0 Å². The van der Waals surface area contributed by atoms with Gasteiger partial charge in [0.05, 0.1) is 12.8 Å². The zero-order chi connectivity index (χ0) is 13.5. The Balaban J connectivity index is 2.04. The zero-order valence-electron chi connectivity index (χ0n) is 10.9. The molecule has 1 N–H and O–H groups in total. The van der Waals surface area contributed by atoms with Gasteiger partial charge in [0.1, 0.15) is 5.75 Å². The van der Waals surface area contributed by atoms with Crippen molar-refractivity contribution in [3.8, 4) is 5.75 Å². The lowest BCUT2D eigenvalue weighted by molar-refractivity contribution is 0.318. The molecule has 0 aliphatic rings. The van der Waals surface area contributed by atoms with E-state index in [9.17, 15) is 0 Å². The van der Waals surface area contributed by atoms with E-state index in [1.54, 1.807) is 7.11 Å². The van der Waals surface area contributed by atoms with Crippen molar-refractivity contribution in [3.05, 3.63) is 65.7 Å². The van der Waals surface area contributed by atoms with Crippen LogP contribution in [0.2, 0.25) is 0 Å². The smallest absolute Gasteiger partial charge is 0.118 e. The van der Waals surface area contributed by atoms with E-state index in [1.165, 1.54) is 5.56 Å².